The van der Waals surface area contributed by atoms with Crippen LogP contribution in [0.2, 0.25) is 0 Å². The van der Waals surface area contributed by atoms with Gasteiger partial charge in [-0.15, -0.1) is 0 Å². The second kappa shape index (κ2) is 7.45. The Morgan fingerprint density at radius 1 is 1.04 bits per heavy atom. The first kappa shape index (κ1) is 15.8. The monoisotopic (exact) mass is 307 g/mol. The molecule has 0 radical (unpaired) electrons. The first-order chi connectivity index (χ1) is 11.3. The Kier molecular flexibility index (Phi) is 5.12. The van der Waals surface area contributed by atoms with Gasteiger partial charge in [-0.1, -0.05) is 55.5 Å². The van der Waals surface area contributed by atoms with Crippen molar-refractivity contribution >= 4 is 5.91 Å². The third kappa shape index (κ3) is 4.01. The molecule has 1 aliphatic rings. The van der Waals surface area contributed by atoms with Crippen LogP contribution in [0, 0.1) is 0 Å². The van der Waals surface area contributed by atoms with Gasteiger partial charge >= 0.3 is 0 Å². The van der Waals surface area contributed by atoms with Crippen LogP contribution in [0.1, 0.15) is 54.5 Å². The molecule has 0 spiro atoms. The van der Waals surface area contributed by atoms with Gasteiger partial charge in [-0.2, -0.15) is 0 Å². The van der Waals surface area contributed by atoms with Crippen molar-refractivity contribution in [3.63, 3.8) is 0 Å². The van der Waals surface area contributed by atoms with E-state index in [1.807, 2.05) is 30.3 Å². The van der Waals surface area contributed by atoms with Crippen LogP contribution < -0.4 is 5.32 Å². The number of nitrogens with one attached hydrogen (secondary N) is 1. The molecule has 0 fully saturated rings. The smallest absolute Gasteiger partial charge is 0.224 e. The predicted molar refractivity (Wildman–Crippen MR) is 94.4 cm³/mol. The maximum absolute atomic E-state index is 12.3. The summed E-state index contributed by atoms with van der Waals surface area (Å²) in [5.41, 5.74) is 5.27. The molecule has 1 amide bonds. The second-order valence-corrected chi connectivity index (χ2v) is 6.43. The molecule has 0 saturated carbocycles. The summed E-state index contributed by atoms with van der Waals surface area (Å²) in [5.74, 6) is 0.0979. The molecule has 120 valence electrons. The Morgan fingerprint density at radius 2 is 1.78 bits per heavy atom. The fourth-order valence-corrected chi connectivity index (χ4v) is 3.42. The van der Waals surface area contributed by atoms with Gasteiger partial charge in [-0.3, -0.25) is 4.79 Å². The Bertz CT molecular complexity index is 663. The molecule has 1 atom stereocenters. The van der Waals surface area contributed by atoms with E-state index in [2.05, 4.69) is 30.4 Å². The fourth-order valence-electron chi connectivity index (χ4n) is 3.42. The topological polar surface area (TPSA) is 29.1 Å². The largest absolute Gasteiger partial charge is 0.349 e. The highest BCUT2D eigenvalue weighted by molar-refractivity contribution is 5.79. The summed E-state index contributed by atoms with van der Waals surface area (Å²) in [6.45, 7) is 2.13. The molecule has 3 rings (SSSR count). The van der Waals surface area contributed by atoms with E-state index >= 15 is 0 Å². The van der Waals surface area contributed by atoms with Gasteiger partial charge in [0.15, 0.2) is 0 Å². The van der Waals surface area contributed by atoms with Crippen molar-refractivity contribution in [1.29, 1.82) is 0 Å². The molecule has 0 saturated heterocycles. The molecule has 0 heterocycles. The molecular formula is C21H25NO. The average Bonchev–Trinajstić information content (AvgIpc) is 2.60. The SMILES string of the molecule is CCC(NC(=O)Cc1ccccc1)c1ccc2c(c1)CCCC2. The number of aryl methyl sites for hydroxylation is 2. The standard InChI is InChI=1S/C21H25NO/c1-2-20(22-21(23)14-16-8-4-3-5-9-16)19-13-12-17-10-6-7-11-18(17)15-19/h3-5,8-9,12-13,15,20H,2,6-7,10-11,14H2,1H3,(H,22,23). The van der Waals surface area contributed by atoms with E-state index in [0.717, 1.165) is 12.0 Å². The van der Waals surface area contributed by atoms with Crippen LogP contribution in [0.5, 0.6) is 0 Å². The molecule has 2 nitrogen and oxygen atoms in total. The molecule has 0 aliphatic heterocycles. The lowest BCUT2D eigenvalue weighted by Crippen LogP contribution is -2.29. The quantitative estimate of drug-likeness (QED) is 0.873. The molecule has 1 unspecified atom stereocenters. The van der Waals surface area contributed by atoms with Gasteiger partial charge in [-0.05, 0) is 54.4 Å². The molecule has 0 bridgehead atoms. The average molecular weight is 307 g/mol. The molecule has 1 aliphatic carbocycles. The zero-order valence-corrected chi connectivity index (χ0v) is 13.8. The highest BCUT2D eigenvalue weighted by Crippen LogP contribution is 2.26. The Hall–Kier alpha value is -2.09. The summed E-state index contributed by atoms with van der Waals surface area (Å²) in [6, 6.07) is 16.8. The first-order valence-electron chi connectivity index (χ1n) is 8.71. The summed E-state index contributed by atoms with van der Waals surface area (Å²) >= 11 is 0. The van der Waals surface area contributed by atoms with Gasteiger partial charge in [-0.25, -0.2) is 0 Å². The molecule has 2 heteroatoms. The summed E-state index contributed by atoms with van der Waals surface area (Å²) in [5, 5.41) is 3.20. The lowest BCUT2D eigenvalue weighted by Gasteiger charge is -2.21. The summed E-state index contributed by atoms with van der Waals surface area (Å²) in [7, 11) is 0. The minimum Gasteiger partial charge on any atom is -0.349 e. The number of hydrogen-bond acceptors (Lipinski definition) is 1. The third-order valence-corrected chi connectivity index (χ3v) is 4.73. The van der Waals surface area contributed by atoms with Gasteiger partial charge < -0.3 is 5.32 Å². The summed E-state index contributed by atoms with van der Waals surface area (Å²) in [4.78, 5) is 12.3. The van der Waals surface area contributed by atoms with Crippen molar-refractivity contribution in [3.05, 3.63) is 70.8 Å². The summed E-state index contributed by atoms with van der Waals surface area (Å²) < 4.78 is 0. The van der Waals surface area contributed by atoms with Crippen LogP contribution in [0.15, 0.2) is 48.5 Å². The number of benzene rings is 2. The first-order valence-corrected chi connectivity index (χ1v) is 8.71. The van der Waals surface area contributed by atoms with Crippen LogP contribution in [0.25, 0.3) is 0 Å². The van der Waals surface area contributed by atoms with Gasteiger partial charge in [0.25, 0.3) is 0 Å². The van der Waals surface area contributed by atoms with Crippen LogP contribution in [0.4, 0.5) is 0 Å². The van der Waals surface area contributed by atoms with E-state index in [9.17, 15) is 4.79 Å². The number of carbonyl (C=O) groups is 1. The predicted octanol–water partition coefficient (Wildman–Crippen LogP) is 4.38. The van der Waals surface area contributed by atoms with Gasteiger partial charge in [0, 0.05) is 0 Å². The van der Waals surface area contributed by atoms with Crippen molar-refractivity contribution in [2.75, 3.05) is 0 Å². The van der Waals surface area contributed by atoms with Crippen LogP contribution >= 0.6 is 0 Å². The third-order valence-electron chi connectivity index (χ3n) is 4.73. The molecule has 2 aromatic carbocycles. The minimum atomic E-state index is 0.0979. The van der Waals surface area contributed by atoms with Crippen molar-refractivity contribution in [2.24, 2.45) is 0 Å². The van der Waals surface area contributed by atoms with Crippen molar-refractivity contribution < 1.29 is 4.79 Å². The van der Waals surface area contributed by atoms with E-state index < -0.39 is 0 Å². The van der Waals surface area contributed by atoms with Crippen molar-refractivity contribution in [3.8, 4) is 0 Å². The van der Waals surface area contributed by atoms with Crippen LogP contribution in [0.3, 0.4) is 0 Å². The van der Waals surface area contributed by atoms with Gasteiger partial charge in [0.1, 0.15) is 0 Å². The highest BCUT2D eigenvalue weighted by Gasteiger charge is 2.16. The van der Waals surface area contributed by atoms with Gasteiger partial charge in [0.2, 0.25) is 5.91 Å². The van der Waals surface area contributed by atoms with E-state index in [1.54, 1.807) is 0 Å². The van der Waals surface area contributed by atoms with Gasteiger partial charge in [0.05, 0.1) is 12.5 Å². The fraction of sp³-hybridized carbons (Fsp3) is 0.381. The van der Waals surface area contributed by atoms with E-state index in [4.69, 9.17) is 0 Å². The van der Waals surface area contributed by atoms with E-state index in [-0.39, 0.29) is 11.9 Å². The Morgan fingerprint density at radius 3 is 2.52 bits per heavy atom. The lowest BCUT2D eigenvalue weighted by atomic mass is 9.88. The molecule has 2 aromatic rings. The highest BCUT2D eigenvalue weighted by atomic mass is 16.1. The maximum atomic E-state index is 12.3. The maximum Gasteiger partial charge on any atom is 0.224 e. The molecule has 23 heavy (non-hydrogen) atoms. The lowest BCUT2D eigenvalue weighted by molar-refractivity contribution is -0.121. The molecular weight excluding hydrogens is 282 g/mol. The zero-order valence-electron chi connectivity index (χ0n) is 13.8. The number of amides is 1. The second-order valence-electron chi connectivity index (χ2n) is 6.43. The number of fused-ring (bicyclic) bond motifs is 1. The Labute approximate surface area is 138 Å². The summed E-state index contributed by atoms with van der Waals surface area (Å²) in [6.07, 6.45) is 6.33. The molecule has 0 aromatic heterocycles. The molecule has 1 N–H and O–H groups in total. The number of hydrogen-bond donors (Lipinski definition) is 1. The van der Waals surface area contributed by atoms with Crippen LogP contribution in [-0.4, -0.2) is 5.91 Å². The Balaban J connectivity index is 1.68. The van der Waals surface area contributed by atoms with Crippen molar-refractivity contribution in [2.45, 2.75) is 51.5 Å². The number of rotatable bonds is 5. The van der Waals surface area contributed by atoms with E-state index in [0.29, 0.717) is 6.42 Å². The number of carbonyl (C=O) groups excluding carboxylic acids is 1. The zero-order chi connectivity index (χ0) is 16.1. The van der Waals surface area contributed by atoms with Crippen LogP contribution in [-0.2, 0) is 24.1 Å². The minimum absolute atomic E-state index is 0.0979. The van der Waals surface area contributed by atoms with E-state index in [1.165, 1.54) is 42.4 Å². The normalized spacial score (nSPS) is 14.8. The van der Waals surface area contributed by atoms with Crippen molar-refractivity contribution in [1.82, 2.24) is 5.32 Å².